The van der Waals surface area contributed by atoms with Crippen molar-refractivity contribution in [2.75, 3.05) is 20.6 Å². The molecule has 2 rings (SSSR count). The van der Waals surface area contributed by atoms with Gasteiger partial charge in [-0.2, -0.15) is 5.10 Å². The monoisotopic (exact) mass is 342 g/mol. The van der Waals surface area contributed by atoms with E-state index in [1.807, 2.05) is 21.0 Å². The molecule has 0 saturated carbocycles. The van der Waals surface area contributed by atoms with E-state index in [2.05, 4.69) is 30.9 Å². The van der Waals surface area contributed by atoms with E-state index in [0.717, 1.165) is 16.7 Å². The van der Waals surface area contributed by atoms with Crippen LogP contribution in [0.2, 0.25) is 0 Å². The van der Waals surface area contributed by atoms with Gasteiger partial charge >= 0.3 is 0 Å². The predicted molar refractivity (Wildman–Crippen MR) is 78.8 cm³/mol. The normalized spacial score (nSPS) is 11.2. The lowest BCUT2D eigenvalue weighted by Gasteiger charge is -2.11. The number of hydrogen-bond donors (Lipinski definition) is 0. The van der Waals surface area contributed by atoms with Gasteiger partial charge in [0, 0.05) is 6.54 Å². The fourth-order valence-corrected chi connectivity index (χ4v) is 2.90. The van der Waals surface area contributed by atoms with Crippen LogP contribution in [0.1, 0.15) is 21.1 Å². The highest BCUT2D eigenvalue weighted by Gasteiger charge is 2.21. The standard InChI is InChI=1S/C12H15BrN4OS/c1-8-12(19-7-14-8)11(18)10-9(13)6-15-17(10)5-4-16(2)3/h6-7H,4-5H2,1-3H3. The fourth-order valence-electron chi connectivity index (χ4n) is 1.68. The minimum absolute atomic E-state index is 0.0249. The number of carbonyl (C=O) groups excluding carboxylic acids is 1. The van der Waals surface area contributed by atoms with Gasteiger partial charge < -0.3 is 4.90 Å². The second kappa shape index (κ2) is 5.94. The number of aryl methyl sites for hydroxylation is 1. The maximum atomic E-state index is 12.5. The van der Waals surface area contributed by atoms with E-state index in [4.69, 9.17) is 0 Å². The molecule has 102 valence electrons. The summed E-state index contributed by atoms with van der Waals surface area (Å²) in [6.45, 7) is 3.35. The summed E-state index contributed by atoms with van der Waals surface area (Å²) in [7, 11) is 3.99. The second-order valence-corrected chi connectivity index (χ2v) is 6.17. The topological polar surface area (TPSA) is 51.0 Å². The maximum Gasteiger partial charge on any atom is 0.223 e. The largest absolute Gasteiger partial charge is 0.308 e. The lowest BCUT2D eigenvalue weighted by molar-refractivity contribution is 0.103. The summed E-state index contributed by atoms with van der Waals surface area (Å²) in [4.78, 5) is 19.4. The molecule has 0 saturated heterocycles. The average Bonchev–Trinajstić information content (AvgIpc) is 2.92. The van der Waals surface area contributed by atoms with Crippen molar-refractivity contribution < 1.29 is 4.79 Å². The molecule has 0 amide bonds. The summed E-state index contributed by atoms with van der Waals surface area (Å²) in [6, 6.07) is 0. The highest BCUT2D eigenvalue weighted by Crippen LogP contribution is 2.23. The summed E-state index contributed by atoms with van der Waals surface area (Å²) in [6.07, 6.45) is 1.67. The number of nitrogens with zero attached hydrogens (tertiary/aromatic N) is 4. The summed E-state index contributed by atoms with van der Waals surface area (Å²) < 4.78 is 2.47. The fraction of sp³-hybridized carbons (Fsp3) is 0.417. The molecule has 0 aliphatic rings. The van der Waals surface area contributed by atoms with Crippen molar-refractivity contribution in [2.24, 2.45) is 0 Å². The third-order valence-electron chi connectivity index (χ3n) is 2.72. The van der Waals surface area contributed by atoms with Crippen LogP contribution >= 0.6 is 27.3 Å². The van der Waals surface area contributed by atoms with Gasteiger partial charge in [0.05, 0.1) is 33.3 Å². The Morgan fingerprint density at radius 3 is 2.84 bits per heavy atom. The van der Waals surface area contributed by atoms with Crippen LogP contribution in [0.3, 0.4) is 0 Å². The molecule has 2 aromatic heterocycles. The second-order valence-electron chi connectivity index (χ2n) is 4.46. The van der Waals surface area contributed by atoms with Crippen LogP contribution in [0, 0.1) is 6.92 Å². The molecule has 0 N–H and O–H groups in total. The molecule has 2 aromatic rings. The number of aromatic nitrogens is 3. The predicted octanol–water partition coefficient (Wildman–Crippen LogP) is 2.20. The van der Waals surface area contributed by atoms with Gasteiger partial charge in [-0.1, -0.05) is 0 Å². The Bertz CT molecular complexity index is 590. The van der Waals surface area contributed by atoms with Crippen molar-refractivity contribution in [2.45, 2.75) is 13.5 Å². The van der Waals surface area contributed by atoms with E-state index in [9.17, 15) is 4.79 Å². The third-order valence-corrected chi connectivity index (χ3v) is 4.23. The Morgan fingerprint density at radius 2 is 2.26 bits per heavy atom. The SMILES string of the molecule is Cc1ncsc1C(=O)c1c(Br)cnn1CCN(C)C. The van der Waals surface area contributed by atoms with Crippen LogP contribution in [0.25, 0.3) is 0 Å². The quantitative estimate of drug-likeness (QED) is 0.781. The number of ketones is 1. The first-order chi connectivity index (χ1) is 9.00. The first-order valence-corrected chi connectivity index (χ1v) is 7.48. The number of rotatable bonds is 5. The molecule has 5 nitrogen and oxygen atoms in total. The lowest BCUT2D eigenvalue weighted by atomic mass is 10.2. The zero-order valence-electron chi connectivity index (χ0n) is 11.1. The molecule has 0 spiro atoms. The van der Waals surface area contributed by atoms with E-state index >= 15 is 0 Å². The molecule has 0 fully saturated rings. The number of halogens is 1. The molecule has 19 heavy (non-hydrogen) atoms. The molecule has 0 radical (unpaired) electrons. The molecule has 0 bridgehead atoms. The van der Waals surface area contributed by atoms with Gasteiger partial charge in [-0.3, -0.25) is 9.48 Å². The van der Waals surface area contributed by atoms with Gasteiger partial charge in [-0.25, -0.2) is 4.98 Å². The summed E-state index contributed by atoms with van der Waals surface area (Å²) in [5.74, 6) is -0.0249. The number of hydrogen-bond acceptors (Lipinski definition) is 5. The van der Waals surface area contributed by atoms with E-state index in [1.165, 1.54) is 11.3 Å². The summed E-state index contributed by atoms with van der Waals surface area (Å²) in [5.41, 5.74) is 3.05. The zero-order chi connectivity index (χ0) is 14.0. The van der Waals surface area contributed by atoms with Crippen LogP contribution in [-0.2, 0) is 6.54 Å². The molecule has 0 aromatic carbocycles. The molecule has 0 aliphatic heterocycles. The highest BCUT2D eigenvalue weighted by molar-refractivity contribution is 9.10. The van der Waals surface area contributed by atoms with Crippen LogP contribution in [-0.4, -0.2) is 46.1 Å². The zero-order valence-corrected chi connectivity index (χ0v) is 13.5. The molecular weight excluding hydrogens is 328 g/mol. The minimum atomic E-state index is -0.0249. The molecule has 2 heterocycles. The Kier molecular flexibility index (Phi) is 4.49. The van der Waals surface area contributed by atoms with Crippen LogP contribution in [0.15, 0.2) is 16.2 Å². The first-order valence-electron chi connectivity index (χ1n) is 5.81. The van der Waals surface area contributed by atoms with Crippen molar-refractivity contribution in [3.63, 3.8) is 0 Å². The minimum Gasteiger partial charge on any atom is -0.308 e. The van der Waals surface area contributed by atoms with Gasteiger partial charge in [-0.05, 0) is 36.9 Å². The molecule has 0 unspecified atom stereocenters. The van der Waals surface area contributed by atoms with Crippen LogP contribution in [0.4, 0.5) is 0 Å². The third kappa shape index (κ3) is 3.10. The van der Waals surface area contributed by atoms with Crippen molar-refractivity contribution in [1.29, 1.82) is 0 Å². The highest BCUT2D eigenvalue weighted by atomic mass is 79.9. The number of carbonyl (C=O) groups is 1. The summed E-state index contributed by atoms with van der Waals surface area (Å²) in [5, 5.41) is 4.25. The molecule has 0 atom stereocenters. The van der Waals surface area contributed by atoms with Crippen LogP contribution in [0.5, 0.6) is 0 Å². The number of thiazole rings is 1. The van der Waals surface area contributed by atoms with E-state index in [-0.39, 0.29) is 5.78 Å². The van der Waals surface area contributed by atoms with Gasteiger partial charge in [0.15, 0.2) is 0 Å². The Hall–Kier alpha value is -1.05. The van der Waals surface area contributed by atoms with Gasteiger partial charge in [0.2, 0.25) is 5.78 Å². The Labute approximate surface area is 124 Å². The Morgan fingerprint density at radius 1 is 1.53 bits per heavy atom. The molecule has 0 aliphatic carbocycles. The van der Waals surface area contributed by atoms with Crippen molar-refractivity contribution in [1.82, 2.24) is 19.7 Å². The van der Waals surface area contributed by atoms with Gasteiger partial charge in [0.25, 0.3) is 0 Å². The van der Waals surface area contributed by atoms with Crippen molar-refractivity contribution in [3.05, 3.63) is 32.4 Å². The van der Waals surface area contributed by atoms with E-state index in [0.29, 0.717) is 17.1 Å². The van der Waals surface area contributed by atoms with Gasteiger partial charge in [-0.15, -0.1) is 11.3 Å². The van der Waals surface area contributed by atoms with Crippen molar-refractivity contribution in [3.8, 4) is 0 Å². The average molecular weight is 343 g/mol. The molecule has 7 heteroatoms. The van der Waals surface area contributed by atoms with E-state index in [1.54, 1.807) is 16.4 Å². The Balaban J connectivity index is 2.31. The smallest absolute Gasteiger partial charge is 0.223 e. The summed E-state index contributed by atoms with van der Waals surface area (Å²) >= 11 is 4.77. The maximum absolute atomic E-state index is 12.5. The van der Waals surface area contributed by atoms with E-state index < -0.39 is 0 Å². The van der Waals surface area contributed by atoms with Gasteiger partial charge in [0.1, 0.15) is 5.69 Å². The number of likely N-dealkylation sites (N-methyl/N-ethyl adjacent to an activating group) is 1. The van der Waals surface area contributed by atoms with Crippen molar-refractivity contribution >= 4 is 33.0 Å². The van der Waals surface area contributed by atoms with Crippen LogP contribution < -0.4 is 0 Å². The molecular formula is C12H15BrN4OS. The lowest BCUT2D eigenvalue weighted by Crippen LogP contribution is -2.21. The first kappa shape index (κ1) is 14.4.